The third kappa shape index (κ3) is 9.39. The number of piperazine rings is 1. The van der Waals surface area contributed by atoms with E-state index in [1.165, 1.54) is 6.92 Å². The molecule has 1 atom stereocenters. The van der Waals surface area contributed by atoms with Crippen molar-refractivity contribution in [3.63, 3.8) is 0 Å². The van der Waals surface area contributed by atoms with E-state index in [9.17, 15) is 24.5 Å². The Morgan fingerprint density at radius 3 is 2.27 bits per heavy atom. The molecule has 0 aromatic heterocycles. The number of alkyl carbamates (subject to hydrolysis) is 1. The Morgan fingerprint density at radius 1 is 1.20 bits per heavy atom. The molecule has 170 valence electrons. The molecule has 13 nitrogen and oxygen atoms in total. The lowest BCUT2D eigenvalue weighted by molar-refractivity contribution is -0.525. The number of rotatable bonds is 7. The van der Waals surface area contributed by atoms with E-state index < -0.39 is 22.8 Å². The third-order valence-electron chi connectivity index (χ3n) is 4.16. The van der Waals surface area contributed by atoms with Gasteiger partial charge in [-0.05, 0) is 33.6 Å². The van der Waals surface area contributed by atoms with Crippen LogP contribution in [-0.4, -0.2) is 83.1 Å². The van der Waals surface area contributed by atoms with E-state index in [2.05, 4.69) is 10.3 Å². The Balaban J connectivity index is 2.72. The largest absolute Gasteiger partial charge is 0.444 e. The monoisotopic (exact) mass is 429 g/mol. The number of nitrogens with one attached hydrogen (secondary N) is 2. The van der Waals surface area contributed by atoms with Gasteiger partial charge in [-0.1, -0.05) is 5.43 Å². The van der Waals surface area contributed by atoms with Crippen molar-refractivity contribution < 1.29 is 24.2 Å². The van der Waals surface area contributed by atoms with Gasteiger partial charge in [0.15, 0.2) is 5.03 Å². The standard InChI is InChI=1S/C17H31N7O6/c1-12(25)22-8-10-23(11-9-22)14(26)13(20-16(27)30-17(2,3)4)6-5-7-19-15(18)21-24(28)29/h13H,5-11H2,1-4H3,(H,20,27)(H3,18,19,21)/t13-/m0/s1. The SMILES string of the molecule is CC(=O)N1CCN(C(=O)[C@H](CCCN=C(N)N[N+](=O)[O-])NC(=O)OC(C)(C)C)CC1. The molecular formula is C17H31N7O6. The number of hydrogen-bond donors (Lipinski definition) is 3. The van der Waals surface area contributed by atoms with Crippen LogP contribution < -0.4 is 16.5 Å². The summed E-state index contributed by atoms with van der Waals surface area (Å²) in [7, 11) is 0. The van der Waals surface area contributed by atoms with Gasteiger partial charge in [0, 0.05) is 39.6 Å². The molecule has 1 saturated heterocycles. The van der Waals surface area contributed by atoms with E-state index in [-0.39, 0.29) is 30.7 Å². The number of carbonyl (C=O) groups is 3. The van der Waals surface area contributed by atoms with Crippen LogP contribution >= 0.6 is 0 Å². The summed E-state index contributed by atoms with van der Waals surface area (Å²) in [6, 6.07) is -0.858. The molecule has 1 aliphatic rings. The number of amides is 3. The van der Waals surface area contributed by atoms with Crippen LogP contribution in [0.15, 0.2) is 4.99 Å². The van der Waals surface area contributed by atoms with Crippen LogP contribution in [0.1, 0.15) is 40.5 Å². The predicted octanol–water partition coefficient (Wildman–Crippen LogP) is -0.553. The second-order valence-electron chi connectivity index (χ2n) is 7.81. The van der Waals surface area contributed by atoms with Crippen LogP contribution in [0, 0.1) is 10.1 Å². The summed E-state index contributed by atoms with van der Waals surface area (Å²) in [4.78, 5) is 53.9. The fourth-order valence-electron chi connectivity index (χ4n) is 2.79. The van der Waals surface area contributed by atoms with Crippen molar-refractivity contribution in [3.05, 3.63) is 10.1 Å². The van der Waals surface area contributed by atoms with Gasteiger partial charge in [0.1, 0.15) is 11.6 Å². The number of ether oxygens (including phenoxy) is 1. The maximum Gasteiger partial charge on any atom is 0.408 e. The molecule has 1 heterocycles. The van der Waals surface area contributed by atoms with E-state index in [4.69, 9.17) is 10.5 Å². The van der Waals surface area contributed by atoms with Gasteiger partial charge in [-0.2, -0.15) is 0 Å². The Morgan fingerprint density at radius 2 is 1.77 bits per heavy atom. The number of guanidine groups is 1. The molecule has 0 aromatic carbocycles. The number of hydrazine groups is 1. The summed E-state index contributed by atoms with van der Waals surface area (Å²) < 4.78 is 5.24. The van der Waals surface area contributed by atoms with Crippen molar-refractivity contribution in [2.45, 2.75) is 52.2 Å². The molecule has 1 fully saturated rings. The zero-order chi connectivity index (χ0) is 22.9. The average Bonchev–Trinajstić information content (AvgIpc) is 2.61. The number of nitrogens with two attached hydrogens (primary N) is 1. The number of hydrogen-bond acceptors (Lipinski definition) is 7. The molecule has 3 amide bonds. The van der Waals surface area contributed by atoms with E-state index in [0.717, 1.165) is 0 Å². The highest BCUT2D eigenvalue weighted by atomic mass is 16.7. The summed E-state index contributed by atoms with van der Waals surface area (Å²) >= 11 is 0. The van der Waals surface area contributed by atoms with E-state index in [1.54, 1.807) is 36.0 Å². The summed E-state index contributed by atoms with van der Waals surface area (Å²) in [6.07, 6.45) is -0.138. The summed E-state index contributed by atoms with van der Waals surface area (Å²) in [5.74, 6) is -0.683. The summed E-state index contributed by atoms with van der Waals surface area (Å²) in [5, 5.41) is 12.1. The molecule has 0 spiro atoms. The highest BCUT2D eigenvalue weighted by Gasteiger charge is 2.30. The highest BCUT2D eigenvalue weighted by Crippen LogP contribution is 2.11. The lowest BCUT2D eigenvalue weighted by atomic mass is 10.1. The van der Waals surface area contributed by atoms with Gasteiger partial charge >= 0.3 is 6.09 Å². The lowest BCUT2D eigenvalue weighted by Gasteiger charge is -2.36. The second kappa shape index (κ2) is 11.2. The van der Waals surface area contributed by atoms with Crippen LogP contribution in [0.2, 0.25) is 0 Å². The molecule has 13 heteroatoms. The number of nitrogens with zero attached hydrogens (tertiary/aromatic N) is 4. The maximum absolute atomic E-state index is 12.9. The molecule has 0 bridgehead atoms. The molecule has 1 rings (SSSR count). The van der Waals surface area contributed by atoms with Gasteiger partial charge in [-0.3, -0.25) is 9.59 Å². The smallest absolute Gasteiger partial charge is 0.408 e. The topological polar surface area (TPSA) is 172 Å². The average molecular weight is 429 g/mol. The normalized spacial score (nSPS) is 15.9. The lowest BCUT2D eigenvalue weighted by Crippen LogP contribution is -2.56. The molecule has 0 radical (unpaired) electrons. The second-order valence-corrected chi connectivity index (χ2v) is 7.81. The van der Waals surface area contributed by atoms with Gasteiger partial charge in [0.2, 0.25) is 11.8 Å². The fourth-order valence-corrected chi connectivity index (χ4v) is 2.79. The predicted molar refractivity (Wildman–Crippen MR) is 108 cm³/mol. The van der Waals surface area contributed by atoms with Crippen molar-refractivity contribution in [1.29, 1.82) is 0 Å². The minimum absolute atomic E-state index is 0.0516. The zero-order valence-electron chi connectivity index (χ0n) is 17.8. The molecule has 0 saturated carbocycles. The Bertz CT molecular complexity index is 668. The molecule has 4 N–H and O–H groups in total. The van der Waals surface area contributed by atoms with Gasteiger partial charge in [-0.15, -0.1) is 0 Å². The molecule has 30 heavy (non-hydrogen) atoms. The van der Waals surface area contributed by atoms with Crippen LogP contribution in [0.25, 0.3) is 0 Å². The molecule has 0 aliphatic carbocycles. The first-order valence-corrected chi connectivity index (χ1v) is 9.64. The van der Waals surface area contributed by atoms with Crippen LogP contribution in [0.4, 0.5) is 4.79 Å². The minimum Gasteiger partial charge on any atom is -0.444 e. The van der Waals surface area contributed by atoms with Crippen molar-refractivity contribution in [3.8, 4) is 0 Å². The fraction of sp³-hybridized carbons (Fsp3) is 0.765. The van der Waals surface area contributed by atoms with Gasteiger partial charge in [-0.25, -0.2) is 19.9 Å². The first-order valence-electron chi connectivity index (χ1n) is 9.64. The zero-order valence-corrected chi connectivity index (χ0v) is 17.8. The van der Waals surface area contributed by atoms with Crippen molar-refractivity contribution >= 4 is 23.9 Å². The Kier molecular flexibility index (Phi) is 9.27. The highest BCUT2D eigenvalue weighted by molar-refractivity contribution is 5.86. The quantitative estimate of drug-likeness (QED) is 0.159. The summed E-state index contributed by atoms with van der Waals surface area (Å²) in [6.45, 7) is 8.32. The van der Waals surface area contributed by atoms with Crippen molar-refractivity contribution in [2.75, 3.05) is 32.7 Å². The van der Waals surface area contributed by atoms with Crippen molar-refractivity contribution in [2.24, 2.45) is 10.7 Å². The van der Waals surface area contributed by atoms with Crippen LogP contribution in [-0.2, 0) is 14.3 Å². The molecule has 0 aromatic rings. The van der Waals surface area contributed by atoms with E-state index in [0.29, 0.717) is 32.6 Å². The number of aliphatic imine (C=N–C) groups is 1. The first-order chi connectivity index (χ1) is 13.9. The molecular weight excluding hydrogens is 398 g/mol. The number of nitro groups is 1. The maximum atomic E-state index is 12.9. The van der Waals surface area contributed by atoms with Crippen LogP contribution in [0.3, 0.4) is 0 Å². The van der Waals surface area contributed by atoms with Crippen LogP contribution in [0.5, 0.6) is 0 Å². The van der Waals surface area contributed by atoms with Gasteiger partial charge in [0.05, 0.1) is 0 Å². The van der Waals surface area contributed by atoms with E-state index >= 15 is 0 Å². The Hall–Kier alpha value is -3.12. The van der Waals surface area contributed by atoms with Gasteiger partial charge in [0.25, 0.3) is 5.96 Å². The minimum atomic E-state index is -0.858. The summed E-state index contributed by atoms with van der Waals surface area (Å²) in [5.41, 5.74) is 6.36. The van der Waals surface area contributed by atoms with Crippen molar-refractivity contribution in [1.82, 2.24) is 20.5 Å². The third-order valence-corrected chi connectivity index (χ3v) is 4.16. The molecule has 0 unspecified atom stereocenters. The number of carbonyl (C=O) groups excluding carboxylic acids is 3. The Labute approximate surface area is 175 Å². The van der Waals surface area contributed by atoms with Gasteiger partial charge < -0.3 is 25.6 Å². The first kappa shape index (κ1) is 24.9. The molecule has 1 aliphatic heterocycles. The van der Waals surface area contributed by atoms with E-state index in [1.807, 2.05) is 0 Å².